The molecule has 1 aliphatic carbocycles. The van der Waals surface area contributed by atoms with Crippen molar-refractivity contribution in [2.45, 2.75) is 69.6 Å². The summed E-state index contributed by atoms with van der Waals surface area (Å²) >= 11 is 0. The first-order valence-electron chi connectivity index (χ1n) is 10.5. The highest BCUT2D eigenvalue weighted by molar-refractivity contribution is 7.88. The van der Waals surface area contributed by atoms with E-state index < -0.39 is 27.6 Å². The van der Waals surface area contributed by atoms with E-state index in [1.807, 2.05) is 0 Å². The van der Waals surface area contributed by atoms with Crippen LogP contribution in [0.5, 0.6) is 0 Å². The van der Waals surface area contributed by atoms with Crippen molar-refractivity contribution in [2.75, 3.05) is 19.4 Å². The number of hydrogen-bond acceptors (Lipinski definition) is 5. The van der Waals surface area contributed by atoms with E-state index in [9.17, 15) is 17.2 Å². The Hall–Kier alpha value is -1.62. The van der Waals surface area contributed by atoms with E-state index in [0.29, 0.717) is 6.61 Å². The Morgan fingerprint density at radius 3 is 2.29 bits per heavy atom. The van der Waals surface area contributed by atoms with Gasteiger partial charge in [0, 0.05) is 25.1 Å². The summed E-state index contributed by atoms with van der Waals surface area (Å²) < 4.78 is 58.7. The van der Waals surface area contributed by atoms with Gasteiger partial charge < -0.3 is 15.2 Å². The van der Waals surface area contributed by atoms with Gasteiger partial charge in [0.05, 0.1) is 19.0 Å². The average Bonchev–Trinajstić information content (AvgIpc) is 2.65. The third-order valence-electron chi connectivity index (χ3n) is 5.49. The number of rotatable bonds is 6. The Bertz CT molecular complexity index is 805. The second-order valence-corrected chi connectivity index (χ2v) is 10.0. The quantitative estimate of drug-likeness (QED) is 0.601. The zero-order valence-electron chi connectivity index (χ0n) is 17.9. The molecule has 31 heavy (non-hydrogen) atoms. The Balaban J connectivity index is 0.000000785. The molecule has 2 atom stereocenters. The minimum absolute atomic E-state index is 0.0384. The monoisotopic (exact) mass is 462 g/mol. The summed E-state index contributed by atoms with van der Waals surface area (Å²) in [4.78, 5) is 9.00. The zero-order chi connectivity index (χ0) is 23.0. The molecular formula is C21H32F2N2O5S. The molecule has 3 rings (SSSR count). The van der Waals surface area contributed by atoms with E-state index in [1.54, 1.807) is 0 Å². The number of nitrogens with one attached hydrogen (secondary N) is 2. The molecular weight excluding hydrogens is 430 g/mol. The molecule has 2 aliphatic rings. The fourth-order valence-electron chi connectivity index (χ4n) is 4.16. The van der Waals surface area contributed by atoms with Crippen LogP contribution in [0.3, 0.4) is 0 Å². The average molecular weight is 463 g/mol. The Morgan fingerprint density at radius 2 is 1.74 bits per heavy atom. The molecule has 176 valence electrons. The van der Waals surface area contributed by atoms with E-state index >= 15 is 0 Å². The molecule has 1 heterocycles. The van der Waals surface area contributed by atoms with E-state index in [0.717, 1.165) is 63.6 Å². The van der Waals surface area contributed by atoms with E-state index in [1.165, 1.54) is 18.4 Å². The first-order chi connectivity index (χ1) is 14.5. The number of hydrogen-bond donors (Lipinski definition) is 3. The molecule has 0 amide bonds. The number of benzene rings is 1. The van der Waals surface area contributed by atoms with Crippen LogP contribution in [0.4, 0.5) is 8.78 Å². The molecule has 0 unspecified atom stereocenters. The van der Waals surface area contributed by atoms with Crippen molar-refractivity contribution >= 4 is 16.0 Å². The predicted octanol–water partition coefficient (Wildman–Crippen LogP) is 2.77. The van der Waals surface area contributed by atoms with Crippen LogP contribution >= 0.6 is 0 Å². The van der Waals surface area contributed by atoms with Gasteiger partial charge in [0.15, 0.2) is 0 Å². The topological polar surface area (TPSA) is 105 Å². The summed E-state index contributed by atoms with van der Waals surface area (Å²) in [6, 6.07) is 3.55. The molecule has 0 bridgehead atoms. The number of carboxylic acid groups (broad SMARTS) is 1. The molecule has 0 aromatic heterocycles. The van der Waals surface area contributed by atoms with Gasteiger partial charge in [-0.25, -0.2) is 21.9 Å². The SMILES string of the molecule is CC(=O)O.CS(=O)(=O)N[C@H]1CCCN[C@H]1CO[C@H]1CC[C@@H](c2cc(F)cc(F)c2)CC1. The number of piperidine rings is 1. The highest BCUT2D eigenvalue weighted by Crippen LogP contribution is 2.34. The van der Waals surface area contributed by atoms with Crippen LogP contribution in [0, 0.1) is 11.6 Å². The maximum absolute atomic E-state index is 13.4. The molecule has 3 N–H and O–H groups in total. The van der Waals surface area contributed by atoms with Gasteiger partial charge in [-0.1, -0.05) is 0 Å². The summed E-state index contributed by atoms with van der Waals surface area (Å²) in [5.74, 6) is -1.74. The maximum atomic E-state index is 13.4. The summed E-state index contributed by atoms with van der Waals surface area (Å²) in [6.45, 7) is 2.39. The molecule has 10 heteroatoms. The fraction of sp³-hybridized carbons (Fsp3) is 0.667. The van der Waals surface area contributed by atoms with Crippen molar-refractivity contribution in [3.05, 3.63) is 35.4 Å². The van der Waals surface area contributed by atoms with Gasteiger partial charge in [-0.05, 0) is 68.7 Å². The van der Waals surface area contributed by atoms with Crippen LogP contribution in [0.1, 0.15) is 56.9 Å². The van der Waals surface area contributed by atoms with Gasteiger partial charge in [-0.3, -0.25) is 4.79 Å². The van der Waals surface area contributed by atoms with Crippen LogP contribution in [0.25, 0.3) is 0 Å². The minimum atomic E-state index is -3.25. The maximum Gasteiger partial charge on any atom is 0.300 e. The number of carbonyl (C=O) groups is 1. The molecule has 1 aliphatic heterocycles. The van der Waals surface area contributed by atoms with Crippen LogP contribution in [0.2, 0.25) is 0 Å². The molecule has 1 aromatic carbocycles. The molecule has 0 radical (unpaired) electrons. The van der Waals surface area contributed by atoms with Crippen LogP contribution < -0.4 is 10.0 Å². The normalized spacial score (nSPS) is 26.6. The van der Waals surface area contributed by atoms with E-state index in [2.05, 4.69) is 10.0 Å². The molecule has 0 spiro atoms. The standard InChI is InChI=1S/C19H28F2N2O3S.C2H4O2/c1-27(24,25)23-18-3-2-8-22-19(18)12-26-17-6-4-13(5-7-17)14-9-15(20)11-16(21)10-14;1-2(3)4/h9-11,13,17-19,22-23H,2-8,12H2,1H3;1H3,(H,3,4)/t13-,17+,18-,19-;/m0./s1. The molecule has 1 saturated heterocycles. The van der Waals surface area contributed by atoms with Crippen molar-refractivity contribution in [3.8, 4) is 0 Å². The fourth-order valence-corrected chi connectivity index (χ4v) is 4.99. The van der Waals surface area contributed by atoms with Gasteiger partial charge >= 0.3 is 0 Å². The summed E-state index contributed by atoms with van der Waals surface area (Å²) in [7, 11) is -3.25. The van der Waals surface area contributed by atoms with Gasteiger partial charge in [-0.2, -0.15) is 0 Å². The number of halogens is 2. The highest BCUT2D eigenvalue weighted by atomic mass is 32.2. The largest absolute Gasteiger partial charge is 0.481 e. The van der Waals surface area contributed by atoms with Crippen molar-refractivity contribution in [1.29, 1.82) is 0 Å². The molecule has 2 fully saturated rings. The number of carboxylic acids is 1. The van der Waals surface area contributed by atoms with E-state index in [4.69, 9.17) is 14.6 Å². The number of aliphatic carboxylic acids is 1. The zero-order valence-corrected chi connectivity index (χ0v) is 18.8. The molecule has 1 aromatic rings. The summed E-state index contributed by atoms with van der Waals surface area (Å²) in [5, 5.41) is 10.8. The third-order valence-corrected chi connectivity index (χ3v) is 6.22. The van der Waals surface area contributed by atoms with Gasteiger partial charge in [0.1, 0.15) is 11.6 Å². The van der Waals surface area contributed by atoms with Gasteiger partial charge in [0.2, 0.25) is 10.0 Å². The number of ether oxygens (including phenoxy) is 1. The third kappa shape index (κ3) is 9.59. The molecule has 1 saturated carbocycles. The number of sulfonamides is 1. The second-order valence-electron chi connectivity index (χ2n) is 8.23. The van der Waals surface area contributed by atoms with Crippen molar-refractivity contribution in [2.24, 2.45) is 0 Å². The van der Waals surface area contributed by atoms with Crippen LogP contribution in [-0.2, 0) is 19.6 Å². The second kappa shape index (κ2) is 11.8. The predicted molar refractivity (Wildman–Crippen MR) is 113 cm³/mol. The highest BCUT2D eigenvalue weighted by Gasteiger charge is 2.29. The summed E-state index contributed by atoms with van der Waals surface area (Å²) in [6.07, 6.45) is 6.33. The Labute approximate surface area is 182 Å². The smallest absolute Gasteiger partial charge is 0.300 e. The first kappa shape index (κ1) is 25.6. The lowest BCUT2D eigenvalue weighted by Crippen LogP contribution is -2.55. The Kier molecular flexibility index (Phi) is 9.80. The first-order valence-corrected chi connectivity index (χ1v) is 12.4. The lowest BCUT2D eigenvalue weighted by molar-refractivity contribution is -0.134. The van der Waals surface area contributed by atoms with Crippen molar-refractivity contribution in [3.63, 3.8) is 0 Å². The Morgan fingerprint density at radius 1 is 1.16 bits per heavy atom. The van der Waals surface area contributed by atoms with Gasteiger partial charge in [0.25, 0.3) is 5.97 Å². The lowest BCUT2D eigenvalue weighted by Gasteiger charge is -2.35. The lowest BCUT2D eigenvalue weighted by atomic mass is 9.82. The van der Waals surface area contributed by atoms with Crippen molar-refractivity contribution < 1.29 is 31.8 Å². The van der Waals surface area contributed by atoms with Crippen LogP contribution in [0.15, 0.2) is 18.2 Å². The minimum Gasteiger partial charge on any atom is -0.481 e. The molecule has 7 nitrogen and oxygen atoms in total. The van der Waals surface area contributed by atoms with Crippen LogP contribution in [-0.4, -0.2) is 57.1 Å². The van der Waals surface area contributed by atoms with Gasteiger partial charge in [-0.15, -0.1) is 0 Å². The van der Waals surface area contributed by atoms with Crippen molar-refractivity contribution in [1.82, 2.24) is 10.0 Å². The summed E-state index contributed by atoms with van der Waals surface area (Å²) in [5.41, 5.74) is 0.720. The van der Waals surface area contributed by atoms with E-state index in [-0.39, 0.29) is 24.1 Å².